The van der Waals surface area contributed by atoms with Gasteiger partial charge in [-0.3, -0.25) is 9.59 Å². The molecule has 1 heterocycles. The standard InChI is InChI=1S/C25H26Cl2F5N5O4/c1-24(2,40-4)22(39)33-9-12-5-6-14(26)20(19(12)27)36-23-35-15-7-13(21(38)34-11-25(30,31)32)17(41-10-18(28)29)8-16(15)37(23)3/h5-8,18H,9-11H2,1-4H3,(H,33,39)(H,34,38)(H,35,36). The minimum absolute atomic E-state index is 0.0417. The van der Waals surface area contributed by atoms with Crippen LogP contribution in [-0.2, 0) is 23.1 Å². The van der Waals surface area contributed by atoms with Gasteiger partial charge >= 0.3 is 6.18 Å². The normalized spacial score (nSPS) is 12.1. The van der Waals surface area contributed by atoms with Gasteiger partial charge in [0.15, 0.2) is 0 Å². The molecule has 3 rings (SSSR count). The molecule has 0 fully saturated rings. The summed E-state index contributed by atoms with van der Waals surface area (Å²) in [5, 5.41) is 7.74. The van der Waals surface area contributed by atoms with Gasteiger partial charge < -0.3 is 30.0 Å². The number of benzene rings is 2. The van der Waals surface area contributed by atoms with Crippen molar-refractivity contribution in [3.05, 3.63) is 45.4 Å². The Hall–Kier alpha value is -3.36. The molecular formula is C25H26Cl2F5N5O4. The zero-order valence-corrected chi connectivity index (χ0v) is 23.7. The lowest BCUT2D eigenvalue weighted by atomic mass is 10.1. The van der Waals surface area contributed by atoms with Crippen LogP contribution >= 0.6 is 23.2 Å². The number of carbonyl (C=O) groups excluding carboxylic acids is 2. The molecule has 41 heavy (non-hydrogen) atoms. The summed E-state index contributed by atoms with van der Waals surface area (Å²) in [4.78, 5) is 29.2. The molecule has 16 heteroatoms. The fraction of sp³-hybridized carbons (Fsp3) is 0.400. The molecule has 0 radical (unpaired) electrons. The fourth-order valence-corrected chi connectivity index (χ4v) is 4.03. The number of carbonyl (C=O) groups is 2. The fourth-order valence-electron chi connectivity index (χ4n) is 3.50. The van der Waals surface area contributed by atoms with Crippen molar-refractivity contribution in [1.29, 1.82) is 0 Å². The van der Waals surface area contributed by atoms with Crippen molar-refractivity contribution in [2.45, 2.75) is 38.6 Å². The predicted molar refractivity (Wildman–Crippen MR) is 143 cm³/mol. The van der Waals surface area contributed by atoms with E-state index in [1.165, 1.54) is 17.7 Å². The van der Waals surface area contributed by atoms with Crippen LogP contribution in [0.15, 0.2) is 24.3 Å². The highest BCUT2D eigenvalue weighted by Crippen LogP contribution is 2.37. The van der Waals surface area contributed by atoms with Crippen molar-refractivity contribution < 1.29 is 41.0 Å². The van der Waals surface area contributed by atoms with Gasteiger partial charge in [-0.1, -0.05) is 29.3 Å². The van der Waals surface area contributed by atoms with Gasteiger partial charge in [-0.2, -0.15) is 13.2 Å². The van der Waals surface area contributed by atoms with Crippen molar-refractivity contribution >= 4 is 57.7 Å². The van der Waals surface area contributed by atoms with E-state index in [-0.39, 0.29) is 45.4 Å². The number of anilines is 2. The summed E-state index contributed by atoms with van der Waals surface area (Å²) in [5.74, 6) is -1.79. The molecule has 2 amide bonds. The minimum atomic E-state index is -4.69. The summed E-state index contributed by atoms with van der Waals surface area (Å²) < 4.78 is 75.2. The molecule has 0 aliphatic rings. The van der Waals surface area contributed by atoms with Gasteiger partial charge in [-0.25, -0.2) is 13.8 Å². The number of hydrogen-bond donors (Lipinski definition) is 3. The molecule has 0 saturated heterocycles. The summed E-state index contributed by atoms with van der Waals surface area (Å²) in [6, 6.07) is 5.49. The van der Waals surface area contributed by atoms with Crippen LogP contribution in [0.3, 0.4) is 0 Å². The Morgan fingerprint density at radius 1 is 1.12 bits per heavy atom. The number of ether oxygens (including phenoxy) is 2. The number of fused-ring (bicyclic) bond motifs is 1. The quantitative estimate of drug-likeness (QED) is 0.240. The summed E-state index contributed by atoms with van der Waals surface area (Å²) in [6.45, 7) is 0.508. The van der Waals surface area contributed by atoms with Gasteiger partial charge in [0, 0.05) is 26.8 Å². The van der Waals surface area contributed by atoms with Crippen LogP contribution < -0.4 is 20.7 Å². The van der Waals surface area contributed by atoms with E-state index in [1.807, 2.05) is 0 Å². The lowest BCUT2D eigenvalue weighted by Gasteiger charge is -2.22. The monoisotopic (exact) mass is 625 g/mol. The number of rotatable bonds is 11. The third-order valence-corrected chi connectivity index (χ3v) is 6.69. The summed E-state index contributed by atoms with van der Waals surface area (Å²) in [5.41, 5.74) is -0.339. The van der Waals surface area contributed by atoms with Gasteiger partial charge in [0.25, 0.3) is 18.2 Å². The van der Waals surface area contributed by atoms with E-state index in [0.29, 0.717) is 11.1 Å². The predicted octanol–water partition coefficient (Wildman–Crippen LogP) is 5.60. The largest absolute Gasteiger partial charge is 0.487 e. The summed E-state index contributed by atoms with van der Waals surface area (Å²) >= 11 is 12.9. The van der Waals surface area contributed by atoms with E-state index in [0.717, 1.165) is 6.07 Å². The minimum Gasteiger partial charge on any atom is -0.487 e. The number of aryl methyl sites for hydroxylation is 1. The zero-order chi connectivity index (χ0) is 30.7. The highest BCUT2D eigenvalue weighted by atomic mass is 35.5. The zero-order valence-electron chi connectivity index (χ0n) is 22.2. The first-order chi connectivity index (χ1) is 19.0. The lowest BCUT2D eigenvalue weighted by Crippen LogP contribution is -2.43. The smallest absolute Gasteiger partial charge is 0.405 e. The number of hydrogen-bond acceptors (Lipinski definition) is 6. The highest BCUT2D eigenvalue weighted by molar-refractivity contribution is 6.39. The van der Waals surface area contributed by atoms with Crippen LogP contribution in [0.4, 0.5) is 33.6 Å². The van der Waals surface area contributed by atoms with Crippen LogP contribution in [0.5, 0.6) is 5.75 Å². The number of alkyl halides is 5. The molecule has 3 N–H and O–H groups in total. The number of nitrogens with zero attached hydrogens (tertiary/aromatic N) is 2. The Labute approximate surface area is 241 Å². The Morgan fingerprint density at radius 3 is 2.41 bits per heavy atom. The Kier molecular flexibility index (Phi) is 9.93. The first-order valence-electron chi connectivity index (χ1n) is 11.9. The molecule has 224 valence electrons. The number of amides is 2. The van der Waals surface area contributed by atoms with Crippen molar-refractivity contribution in [3.63, 3.8) is 0 Å². The van der Waals surface area contributed by atoms with Crippen molar-refractivity contribution in [3.8, 4) is 5.75 Å². The second-order valence-corrected chi connectivity index (χ2v) is 10.0. The first kappa shape index (κ1) is 32.2. The van der Waals surface area contributed by atoms with Crippen LogP contribution in [0.25, 0.3) is 11.0 Å². The van der Waals surface area contributed by atoms with E-state index in [4.69, 9.17) is 32.7 Å². The summed E-state index contributed by atoms with van der Waals surface area (Å²) in [6.07, 6.45) is -7.59. The Morgan fingerprint density at radius 2 is 1.80 bits per heavy atom. The van der Waals surface area contributed by atoms with E-state index in [2.05, 4.69) is 15.6 Å². The van der Waals surface area contributed by atoms with Crippen molar-refractivity contribution in [2.75, 3.05) is 25.6 Å². The van der Waals surface area contributed by atoms with E-state index < -0.39 is 42.8 Å². The molecule has 1 aromatic heterocycles. The molecule has 0 bridgehead atoms. The van der Waals surface area contributed by atoms with Gasteiger partial charge in [-0.15, -0.1) is 0 Å². The number of halogens is 7. The third kappa shape index (κ3) is 7.89. The first-order valence-corrected chi connectivity index (χ1v) is 12.6. The molecule has 9 nitrogen and oxygen atoms in total. The Balaban J connectivity index is 1.96. The molecular weight excluding hydrogens is 600 g/mol. The highest BCUT2D eigenvalue weighted by Gasteiger charge is 2.29. The second-order valence-electron chi connectivity index (χ2n) is 9.25. The van der Waals surface area contributed by atoms with Crippen LogP contribution in [0.1, 0.15) is 29.8 Å². The van der Waals surface area contributed by atoms with Crippen molar-refractivity contribution in [2.24, 2.45) is 7.05 Å². The van der Waals surface area contributed by atoms with Crippen LogP contribution in [0.2, 0.25) is 10.0 Å². The lowest BCUT2D eigenvalue weighted by molar-refractivity contribution is -0.139. The molecule has 0 unspecified atom stereocenters. The number of nitrogens with one attached hydrogen (secondary N) is 3. The maximum atomic E-state index is 12.8. The molecule has 3 aromatic rings. The van der Waals surface area contributed by atoms with Gasteiger partial charge in [0.1, 0.15) is 24.5 Å². The van der Waals surface area contributed by atoms with Crippen LogP contribution in [0, 0.1) is 0 Å². The SMILES string of the molecule is COC(C)(C)C(=O)NCc1ccc(Cl)c(Nc2nc3cc(C(=O)NCC(F)(F)F)c(OCC(F)F)cc3n2C)c1Cl. The molecule has 0 aliphatic heterocycles. The van der Waals surface area contributed by atoms with Gasteiger partial charge in [0.2, 0.25) is 5.95 Å². The maximum absolute atomic E-state index is 12.8. The molecule has 2 aromatic carbocycles. The second kappa shape index (κ2) is 12.7. The maximum Gasteiger partial charge on any atom is 0.405 e. The third-order valence-electron chi connectivity index (χ3n) is 5.95. The molecule has 0 saturated carbocycles. The number of aromatic nitrogens is 2. The van der Waals surface area contributed by atoms with Crippen molar-refractivity contribution in [1.82, 2.24) is 20.2 Å². The topological polar surface area (TPSA) is 107 Å². The number of imidazole rings is 1. The van der Waals surface area contributed by atoms with Gasteiger partial charge in [-0.05, 0) is 31.5 Å². The summed E-state index contributed by atoms with van der Waals surface area (Å²) in [7, 11) is 2.95. The van der Waals surface area contributed by atoms with Gasteiger partial charge in [0.05, 0.1) is 32.3 Å². The Bertz CT molecular complexity index is 1450. The average molecular weight is 626 g/mol. The molecule has 0 aliphatic carbocycles. The van der Waals surface area contributed by atoms with E-state index in [9.17, 15) is 31.5 Å². The number of methoxy groups -OCH3 is 1. The van der Waals surface area contributed by atoms with E-state index >= 15 is 0 Å². The molecule has 0 spiro atoms. The molecule has 0 atom stereocenters. The average Bonchev–Trinajstić information content (AvgIpc) is 3.20. The van der Waals surface area contributed by atoms with E-state index in [1.54, 1.807) is 38.3 Å². The van der Waals surface area contributed by atoms with Crippen LogP contribution in [-0.4, -0.2) is 59.8 Å².